The van der Waals surface area contributed by atoms with Gasteiger partial charge < -0.3 is 10.1 Å². The number of nitrogens with zero attached hydrogens (tertiary/aromatic N) is 1. The number of para-hydroxylation sites is 1. The van der Waals surface area contributed by atoms with E-state index in [0.29, 0.717) is 10.9 Å². The lowest BCUT2D eigenvalue weighted by atomic mass is 10.2. The summed E-state index contributed by atoms with van der Waals surface area (Å²) < 4.78 is 5.49. The number of thiazole rings is 1. The van der Waals surface area contributed by atoms with Gasteiger partial charge >= 0.3 is 0 Å². The van der Waals surface area contributed by atoms with E-state index in [9.17, 15) is 4.79 Å². The molecule has 2 N–H and O–H groups in total. The molecule has 3 aromatic rings. The van der Waals surface area contributed by atoms with Crippen LogP contribution in [0, 0.1) is 6.92 Å². The minimum absolute atomic E-state index is 0.0515. The smallest absolute Gasteiger partial charge is 0.264 e. The van der Waals surface area contributed by atoms with E-state index in [1.165, 1.54) is 11.3 Å². The van der Waals surface area contributed by atoms with Gasteiger partial charge in [-0.3, -0.25) is 10.1 Å². The van der Waals surface area contributed by atoms with Gasteiger partial charge in [-0.1, -0.05) is 18.2 Å². The molecule has 0 aliphatic rings. The van der Waals surface area contributed by atoms with Crippen molar-refractivity contribution in [2.24, 2.45) is 0 Å². The Bertz CT molecular complexity index is 801. The lowest BCUT2D eigenvalue weighted by Gasteiger charge is -2.09. The van der Waals surface area contributed by atoms with Crippen molar-refractivity contribution in [2.45, 2.75) is 6.92 Å². The molecule has 0 spiro atoms. The Morgan fingerprint density at radius 1 is 1.08 bits per heavy atom. The molecule has 1 aromatic heterocycles. The summed E-state index contributed by atoms with van der Waals surface area (Å²) in [4.78, 5) is 16.0. The molecular formula is C18H17N3O2S. The number of rotatable bonds is 6. The fourth-order valence-corrected chi connectivity index (χ4v) is 2.74. The van der Waals surface area contributed by atoms with Gasteiger partial charge in [-0.25, -0.2) is 4.98 Å². The lowest BCUT2D eigenvalue weighted by Crippen LogP contribution is -2.20. The highest BCUT2D eigenvalue weighted by molar-refractivity contribution is 7.13. The number of amides is 1. The molecule has 0 aliphatic carbocycles. The molecule has 24 heavy (non-hydrogen) atoms. The van der Waals surface area contributed by atoms with Crippen LogP contribution < -0.4 is 15.4 Å². The number of hydrogen-bond acceptors (Lipinski definition) is 5. The molecule has 1 heterocycles. The van der Waals surface area contributed by atoms with E-state index in [1.807, 2.05) is 66.9 Å². The third-order valence-electron chi connectivity index (χ3n) is 3.15. The van der Waals surface area contributed by atoms with Crippen molar-refractivity contribution in [3.05, 3.63) is 65.7 Å². The zero-order valence-electron chi connectivity index (χ0n) is 13.2. The first-order valence-electron chi connectivity index (χ1n) is 7.46. The predicted molar refractivity (Wildman–Crippen MR) is 97.1 cm³/mol. The maximum absolute atomic E-state index is 11.8. The average Bonchev–Trinajstić information content (AvgIpc) is 3.00. The van der Waals surface area contributed by atoms with Gasteiger partial charge in [-0.2, -0.15) is 0 Å². The summed E-state index contributed by atoms with van der Waals surface area (Å²) in [6.45, 7) is 1.83. The highest BCUT2D eigenvalue weighted by atomic mass is 32.1. The van der Waals surface area contributed by atoms with Crippen LogP contribution in [-0.4, -0.2) is 17.5 Å². The Labute approximate surface area is 144 Å². The summed E-state index contributed by atoms with van der Waals surface area (Å²) >= 11 is 1.40. The molecule has 0 saturated heterocycles. The molecular weight excluding hydrogens is 322 g/mol. The van der Waals surface area contributed by atoms with Crippen LogP contribution in [0.25, 0.3) is 0 Å². The van der Waals surface area contributed by atoms with Crippen LogP contribution in [0.4, 0.5) is 16.5 Å². The maximum atomic E-state index is 11.8. The number of benzene rings is 2. The predicted octanol–water partition coefficient (Wildman–Crippen LogP) is 4.21. The van der Waals surface area contributed by atoms with Crippen LogP contribution in [0.1, 0.15) is 5.69 Å². The molecule has 122 valence electrons. The van der Waals surface area contributed by atoms with E-state index < -0.39 is 0 Å². The molecule has 0 aliphatic heterocycles. The van der Waals surface area contributed by atoms with E-state index in [4.69, 9.17) is 4.74 Å². The topological polar surface area (TPSA) is 63.2 Å². The minimum Gasteiger partial charge on any atom is -0.484 e. The molecule has 3 rings (SSSR count). The highest BCUT2D eigenvalue weighted by Crippen LogP contribution is 2.20. The molecule has 0 radical (unpaired) electrons. The first kappa shape index (κ1) is 16.0. The SMILES string of the molecule is Cc1csc(NC(=O)COc2ccc(Nc3ccccc3)cc2)n1. The van der Waals surface area contributed by atoms with Crippen LogP contribution in [0.3, 0.4) is 0 Å². The van der Waals surface area contributed by atoms with E-state index in [2.05, 4.69) is 15.6 Å². The van der Waals surface area contributed by atoms with Crippen molar-refractivity contribution in [1.82, 2.24) is 4.98 Å². The number of ether oxygens (including phenoxy) is 1. The van der Waals surface area contributed by atoms with Gasteiger partial charge in [0.05, 0.1) is 5.69 Å². The van der Waals surface area contributed by atoms with Crippen LogP contribution >= 0.6 is 11.3 Å². The molecule has 0 fully saturated rings. The van der Waals surface area contributed by atoms with E-state index in [0.717, 1.165) is 17.1 Å². The maximum Gasteiger partial charge on any atom is 0.264 e. The zero-order valence-corrected chi connectivity index (χ0v) is 14.0. The second kappa shape index (κ2) is 7.61. The van der Waals surface area contributed by atoms with Crippen molar-refractivity contribution in [2.75, 3.05) is 17.2 Å². The van der Waals surface area contributed by atoms with Gasteiger partial charge in [0.25, 0.3) is 5.91 Å². The van der Waals surface area contributed by atoms with Gasteiger partial charge in [0, 0.05) is 16.8 Å². The molecule has 0 atom stereocenters. The van der Waals surface area contributed by atoms with E-state index >= 15 is 0 Å². The molecule has 5 nitrogen and oxygen atoms in total. The standard InChI is InChI=1S/C18H17N3O2S/c1-13-12-24-18(19-13)21-17(22)11-23-16-9-7-15(8-10-16)20-14-5-3-2-4-6-14/h2-10,12,20H,11H2,1H3,(H,19,21,22). The van der Waals surface area contributed by atoms with Gasteiger partial charge in [-0.05, 0) is 43.3 Å². The lowest BCUT2D eigenvalue weighted by molar-refractivity contribution is -0.118. The fraction of sp³-hybridized carbons (Fsp3) is 0.111. The first-order valence-corrected chi connectivity index (χ1v) is 8.34. The number of nitrogens with one attached hydrogen (secondary N) is 2. The fourth-order valence-electron chi connectivity index (χ4n) is 2.04. The van der Waals surface area contributed by atoms with Gasteiger partial charge in [0.1, 0.15) is 5.75 Å². The average molecular weight is 339 g/mol. The zero-order chi connectivity index (χ0) is 16.8. The third-order valence-corrected chi connectivity index (χ3v) is 4.03. The quantitative estimate of drug-likeness (QED) is 0.706. The summed E-state index contributed by atoms with van der Waals surface area (Å²) in [7, 11) is 0. The second-order valence-corrected chi connectivity index (χ2v) is 6.00. The Balaban J connectivity index is 1.50. The van der Waals surface area contributed by atoms with Crippen molar-refractivity contribution in [3.8, 4) is 5.75 Å². The number of aromatic nitrogens is 1. The van der Waals surface area contributed by atoms with Crippen LogP contribution in [0.15, 0.2) is 60.0 Å². The van der Waals surface area contributed by atoms with Gasteiger partial charge in [0.15, 0.2) is 11.7 Å². The van der Waals surface area contributed by atoms with E-state index in [-0.39, 0.29) is 12.5 Å². The van der Waals surface area contributed by atoms with Gasteiger partial charge in [0.2, 0.25) is 0 Å². The molecule has 0 unspecified atom stereocenters. The molecule has 6 heteroatoms. The molecule has 2 aromatic carbocycles. The number of carbonyl (C=O) groups is 1. The molecule has 0 bridgehead atoms. The first-order chi connectivity index (χ1) is 11.7. The van der Waals surface area contributed by atoms with Crippen molar-refractivity contribution >= 4 is 33.8 Å². The van der Waals surface area contributed by atoms with E-state index in [1.54, 1.807) is 0 Å². The molecule has 1 amide bonds. The van der Waals surface area contributed by atoms with Gasteiger partial charge in [-0.15, -0.1) is 11.3 Å². The number of aryl methyl sites for hydroxylation is 1. The summed E-state index contributed by atoms with van der Waals surface area (Å²) in [6, 6.07) is 17.4. The highest BCUT2D eigenvalue weighted by Gasteiger charge is 2.06. The summed E-state index contributed by atoms with van der Waals surface area (Å²) in [6.07, 6.45) is 0. The van der Waals surface area contributed by atoms with Crippen molar-refractivity contribution < 1.29 is 9.53 Å². The van der Waals surface area contributed by atoms with Crippen LogP contribution in [0.5, 0.6) is 5.75 Å². The Kier molecular flexibility index (Phi) is 5.08. The van der Waals surface area contributed by atoms with Crippen LogP contribution in [0.2, 0.25) is 0 Å². The monoisotopic (exact) mass is 339 g/mol. The number of carbonyl (C=O) groups excluding carboxylic acids is 1. The summed E-state index contributed by atoms with van der Waals surface area (Å²) in [5.74, 6) is 0.412. The van der Waals surface area contributed by atoms with Crippen molar-refractivity contribution in [1.29, 1.82) is 0 Å². The Morgan fingerprint density at radius 2 is 1.79 bits per heavy atom. The number of anilines is 3. The Hall–Kier alpha value is -2.86. The minimum atomic E-state index is -0.226. The second-order valence-electron chi connectivity index (χ2n) is 5.15. The summed E-state index contributed by atoms with van der Waals surface area (Å²) in [5.41, 5.74) is 2.86. The van der Waals surface area contributed by atoms with Crippen LogP contribution in [-0.2, 0) is 4.79 Å². The normalized spacial score (nSPS) is 10.2. The third kappa shape index (κ3) is 4.57. The molecule has 0 saturated carbocycles. The number of hydrogen-bond donors (Lipinski definition) is 2. The van der Waals surface area contributed by atoms with Crippen molar-refractivity contribution in [3.63, 3.8) is 0 Å². The Morgan fingerprint density at radius 3 is 2.46 bits per heavy atom. The largest absolute Gasteiger partial charge is 0.484 e. The summed E-state index contributed by atoms with van der Waals surface area (Å²) in [5, 5.41) is 8.47.